The van der Waals surface area contributed by atoms with Gasteiger partial charge in [0, 0.05) is 0 Å². The van der Waals surface area contributed by atoms with Crippen molar-refractivity contribution >= 4 is 0 Å². The van der Waals surface area contributed by atoms with Crippen molar-refractivity contribution < 1.29 is 58.2 Å². The molecular formula is C8H20NRb. The van der Waals surface area contributed by atoms with Crippen molar-refractivity contribution in [2.24, 2.45) is 0 Å². The van der Waals surface area contributed by atoms with Crippen molar-refractivity contribution in [3.8, 4) is 0 Å². The van der Waals surface area contributed by atoms with Gasteiger partial charge in [-0.05, 0) is 0 Å². The summed E-state index contributed by atoms with van der Waals surface area (Å²) in [6.07, 6.45) is 3.23. The van der Waals surface area contributed by atoms with Crippen molar-refractivity contribution in [1.82, 2.24) is 0 Å². The summed E-state index contributed by atoms with van der Waals surface area (Å²) in [5, 5.41) is 0. The molecule has 0 aliphatic heterocycles. The maximum Gasteiger partial charge on any atom is 1.00 e. The number of rotatable bonds is 3. The van der Waals surface area contributed by atoms with Gasteiger partial charge in [0.15, 0.2) is 0 Å². The third-order valence-corrected chi connectivity index (χ3v) is 1.13. The molecule has 0 amide bonds. The van der Waals surface area contributed by atoms with Crippen LogP contribution in [0.1, 0.15) is 47.0 Å². The van der Waals surface area contributed by atoms with Gasteiger partial charge in [0.25, 0.3) is 0 Å². The maximum absolute atomic E-state index is 7.22. The maximum atomic E-state index is 7.22. The zero-order chi connectivity index (χ0) is 7.70. The minimum absolute atomic E-state index is 0. The van der Waals surface area contributed by atoms with Gasteiger partial charge in [-0.15, -0.1) is 6.04 Å². The van der Waals surface area contributed by atoms with E-state index in [9.17, 15) is 0 Å². The molecule has 0 fully saturated rings. The van der Waals surface area contributed by atoms with Gasteiger partial charge in [-0.3, -0.25) is 0 Å². The minimum Gasteiger partial charge on any atom is -0.675 e. The van der Waals surface area contributed by atoms with Crippen molar-refractivity contribution in [3.63, 3.8) is 0 Å². The van der Waals surface area contributed by atoms with Crippen molar-refractivity contribution in [2.45, 2.75) is 53.0 Å². The molecule has 2 heteroatoms. The van der Waals surface area contributed by atoms with Crippen LogP contribution in [0.15, 0.2) is 0 Å². The quantitative estimate of drug-likeness (QED) is 0.660. The van der Waals surface area contributed by atoms with Crippen LogP contribution in [0.3, 0.4) is 0 Å². The van der Waals surface area contributed by atoms with Crippen molar-refractivity contribution in [3.05, 3.63) is 5.73 Å². The van der Waals surface area contributed by atoms with E-state index in [0.29, 0.717) is 0 Å². The molecule has 58 valence electrons. The molecule has 0 radical (unpaired) electrons. The average Bonchev–Trinajstić information content (AvgIpc) is 1.93. The van der Waals surface area contributed by atoms with Crippen molar-refractivity contribution in [1.29, 1.82) is 0 Å². The Morgan fingerprint density at radius 3 is 1.70 bits per heavy atom. The topological polar surface area (TPSA) is 23.8 Å². The van der Waals surface area contributed by atoms with Crippen LogP contribution >= 0.6 is 0 Å². The van der Waals surface area contributed by atoms with Gasteiger partial charge in [0.1, 0.15) is 0 Å². The fourth-order valence-electron chi connectivity index (χ4n) is 0.553. The number of hydrogen-bond acceptors (Lipinski definition) is 0. The summed E-state index contributed by atoms with van der Waals surface area (Å²) in [5.41, 5.74) is 7.22. The van der Waals surface area contributed by atoms with Gasteiger partial charge in [-0.2, -0.15) is 0 Å². The SMILES string of the molecule is CC.CCCC([NH-])CC.[Rb+]. The fourth-order valence-corrected chi connectivity index (χ4v) is 0.553. The molecule has 1 unspecified atom stereocenters. The Kier molecular flexibility index (Phi) is 30.2. The van der Waals surface area contributed by atoms with E-state index in [1.54, 1.807) is 0 Å². The standard InChI is InChI=1S/C6H14N.C2H6.Rb/c1-3-5-6(7)4-2;1-2;/h6-7H,3-5H2,1-2H3;1-2H3;/q-1;;+1. The third kappa shape index (κ3) is 16.4. The zero-order valence-electron chi connectivity index (χ0n) is 8.20. The van der Waals surface area contributed by atoms with E-state index in [0.717, 1.165) is 19.3 Å². The van der Waals surface area contributed by atoms with E-state index in [-0.39, 0.29) is 64.2 Å². The van der Waals surface area contributed by atoms with E-state index in [2.05, 4.69) is 13.8 Å². The molecule has 0 spiro atoms. The monoisotopic (exact) mass is 215 g/mol. The molecule has 10 heavy (non-hydrogen) atoms. The van der Waals surface area contributed by atoms with E-state index in [1.807, 2.05) is 13.8 Å². The molecule has 0 bridgehead atoms. The minimum atomic E-state index is 0. The van der Waals surface area contributed by atoms with E-state index >= 15 is 0 Å². The van der Waals surface area contributed by atoms with Gasteiger partial charge in [0.05, 0.1) is 0 Å². The van der Waals surface area contributed by atoms with E-state index in [1.165, 1.54) is 0 Å². The normalized spacial score (nSPS) is 10.5. The first-order valence-electron chi connectivity index (χ1n) is 4.02. The first-order chi connectivity index (χ1) is 4.31. The molecule has 0 rings (SSSR count). The Morgan fingerprint density at radius 2 is 1.60 bits per heavy atom. The Labute approximate surface area is 115 Å². The zero-order valence-corrected chi connectivity index (χ0v) is 13.1. The van der Waals surface area contributed by atoms with Crippen LogP contribution in [0.25, 0.3) is 5.73 Å². The van der Waals surface area contributed by atoms with Gasteiger partial charge >= 0.3 is 58.2 Å². The summed E-state index contributed by atoms with van der Waals surface area (Å²) in [6, 6.07) is 0.199. The summed E-state index contributed by atoms with van der Waals surface area (Å²) in [4.78, 5) is 0. The first-order valence-corrected chi connectivity index (χ1v) is 4.02. The van der Waals surface area contributed by atoms with Crippen LogP contribution in [0.4, 0.5) is 0 Å². The smallest absolute Gasteiger partial charge is 0.675 e. The molecule has 1 nitrogen and oxygen atoms in total. The average molecular weight is 216 g/mol. The van der Waals surface area contributed by atoms with Crippen molar-refractivity contribution in [2.75, 3.05) is 0 Å². The molecule has 0 aromatic rings. The van der Waals surface area contributed by atoms with Gasteiger partial charge in [0.2, 0.25) is 0 Å². The molecule has 0 aliphatic rings. The molecule has 0 aromatic heterocycles. The molecule has 0 heterocycles. The number of nitrogens with one attached hydrogen (secondary N) is 1. The molecule has 1 atom stereocenters. The Bertz CT molecular complexity index is 40.2. The van der Waals surface area contributed by atoms with Gasteiger partial charge < -0.3 is 5.73 Å². The second kappa shape index (κ2) is 17.0. The second-order valence-corrected chi connectivity index (χ2v) is 1.89. The summed E-state index contributed by atoms with van der Waals surface area (Å²) >= 11 is 0. The van der Waals surface area contributed by atoms with E-state index < -0.39 is 0 Å². The summed E-state index contributed by atoms with van der Waals surface area (Å²) in [6.45, 7) is 8.19. The molecule has 0 saturated carbocycles. The molecule has 0 aromatic carbocycles. The summed E-state index contributed by atoms with van der Waals surface area (Å²) < 4.78 is 0. The number of hydrogen-bond donors (Lipinski definition) is 0. The van der Waals surface area contributed by atoms with Crippen LogP contribution in [0, 0.1) is 0 Å². The Hall–Kier alpha value is 1.77. The fraction of sp³-hybridized carbons (Fsp3) is 1.00. The third-order valence-electron chi connectivity index (χ3n) is 1.13. The van der Waals surface area contributed by atoms with Crippen LogP contribution in [-0.2, 0) is 0 Å². The van der Waals surface area contributed by atoms with Crippen LogP contribution < -0.4 is 58.2 Å². The first kappa shape index (κ1) is 17.7. The Morgan fingerprint density at radius 1 is 1.20 bits per heavy atom. The van der Waals surface area contributed by atoms with Gasteiger partial charge in [-0.1, -0.05) is 47.0 Å². The molecular weight excluding hydrogens is 196 g/mol. The predicted molar refractivity (Wildman–Crippen MR) is 44.7 cm³/mol. The predicted octanol–water partition coefficient (Wildman–Crippen LogP) is 0.647. The van der Waals surface area contributed by atoms with Crippen LogP contribution in [-0.4, -0.2) is 6.04 Å². The molecule has 0 saturated heterocycles. The summed E-state index contributed by atoms with van der Waals surface area (Å²) in [7, 11) is 0. The Balaban J connectivity index is -0.000000149. The van der Waals surface area contributed by atoms with Gasteiger partial charge in [-0.25, -0.2) is 0 Å². The largest absolute Gasteiger partial charge is 1.00 e. The van der Waals surface area contributed by atoms with Crippen LogP contribution in [0.2, 0.25) is 0 Å². The van der Waals surface area contributed by atoms with E-state index in [4.69, 9.17) is 5.73 Å². The molecule has 0 aliphatic carbocycles. The summed E-state index contributed by atoms with van der Waals surface area (Å²) in [5.74, 6) is 0. The molecule has 1 N–H and O–H groups in total. The van der Waals surface area contributed by atoms with Crippen LogP contribution in [0.5, 0.6) is 0 Å². The second-order valence-electron chi connectivity index (χ2n) is 1.89.